The van der Waals surface area contributed by atoms with E-state index < -0.39 is 0 Å². The highest BCUT2D eigenvalue weighted by Crippen LogP contribution is 2.16. The van der Waals surface area contributed by atoms with Crippen molar-refractivity contribution in [2.45, 2.75) is 47.0 Å². The zero-order valence-electron chi connectivity index (χ0n) is 10.2. The molecule has 15 heavy (non-hydrogen) atoms. The first-order chi connectivity index (χ1) is 7.08. The van der Waals surface area contributed by atoms with Crippen LogP contribution < -0.4 is 0 Å². The number of rotatable bonds is 5. The molecule has 0 aliphatic heterocycles. The first-order valence-corrected chi connectivity index (χ1v) is 6.55. The van der Waals surface area contributed by atoms with Crippen molar-refractivity contribution in [3.05, 3.63) is 21.7 Å². The molecular weight excluding hydrogens is 202 g/mol. The lowest BCUT2D eigenvalue weighted by Gasteiger charge is -2.03. The topological polar surface area (TPSA) is 12.9 Å². The lowest BCUT2D eigenvalue weighted by molar-refractivity contribution is 0.555. The van der Waals surface area contributed by atoms with E-state index in [1.165, 1.54) is 24.8 Å². The minimum Gasteiger partial charge on any atom is -0.242 e. The Labute approximate surface area is 97.3 Å². The lowest BCUT2D eigenvalue weighted by atomic mass is 10.0. The van der Waals surface area contributed by atoms with Gasteiger partial charge in [0.05, 0.1) is 10.7 Å². The summed E-state index contributed by atoms with van der Waals surface area (Å²) in [6.07, 6.45) is 6.03. The second-order valence-electron chi connectivity index (χ2n) is 4.57. The van der Waals surface area contributed by atoms with Crippen LogP contribution in [0.5, 0.6) is 0 Å². The number of aromatic nitrogens is 1. The van der Waals surface area contributed by atoms with Crippen LogP contribution in [0, 0.1) is 12.8 Å². The van der Waals surface area contributed by atoms with Crippen LogP contribution in [0.3, 0.4) is 0 Å². The van der Waals surface area contributed by atoms with Crippen molar-refractivity contribution >= 4 is 17.4 Å². The first-order valence-electron chi connectivity index (χ1n) is 5.67. The Balaban J connectivity index is 2.39. The molecule has 1 aromatic rings. The SMILES string of the molecule is C/C(=C\c1csc(C)n1)CCCC(C)C. The molecule has 0 amide bonds. The number of aryl methyl sites for hydroxylation is 1. The predicted molar refractivity (Wildman–Crippen MR) is 69.2 cm³/mol. The predicted octanol–water partition coefficient (Wildman–Crippen LogP) is 4.68. The van der Waals surface area contributed by atoms with Gasteiger partial charge in [0.15, 0.2) is 0 Å². The van der Waals surface area contributed by atoms with Crippen molar-refractivity contribution in [1.82, 2.24) is 4.98 Å². The van der Waals surface area contributed by atoms with Crippen LogP contribution in [-0.2, 0) is 0 Å². The van der Waals surface area contributed by atoms with E-state index in [4.69, 9.17) is 0 Å². The van der Waals surface area contributed by atoms with E-state index in [0.717, 1.165) is 16.6 Å². The molecule has 2 heteroatoms. The number of hydrogen-bond donors (Lipinski definition) is 0. The molecule has 0 saturated carbocycles. The van der Waals surface area contributed by atoms with Crippen molar-refractivity contribution in [3.63, 3.8) is 0 Å². The highest BCUT2D eigenvalue weighted by molar-refractivity contribution is 7.09. The molecule has 0 bridgehead atoms. The summed E-state index contributed by atoms with van der Waals surface area (Å²) in [5.74, 6) is 0.819. The van der Waals surface area contributed by atoms with Crippen LogP contribution in [0.4, 0.5) is 0 Å². The highest BCUT2D eigenvalue weighted by atomic mass is 32.1. The maximum atomic E-state index is 4.44. The molecule has 0 aliphatic carbocycles. The average Bonchev–Trinajstić information content (AvgIpc) is 2.50. The molecule has 1 rings (SSSR count). The van der Waals surface area contributed by atoms with Gasteiger partial charge in [-0.1, -0.05) is 25.8 Å². The van der Waals surface area contributed by atoms with E-state index >= 15 is 0 Å². The van der Waals surface area contributed by atoms with E-state index in [1.807, 2.05) is 0 Å². The van der Waals surface area contributed by atoms with Gasteiger partial charge < -0.3 is 0 Å². The summed E-state index contributed by atoms with van der Waals surface area (Å²) < 4.78 is 0. The maximum absolute atomic E-state index is 4.44. The van der Waals surface area contributed by atoms with Gasteiger partial charge in [0.2, 0.25) is 0 Å². The molecular formula is C13H21NS. The Morgan fingerprint density at radius 1 is 1.53 bits per heavy atom. The Kier molecular flexibility index (Phi) is 5.03. The Hall–Kier alpha value is -0.630. The smallest absolute Gasteiger partial charge is 0.0901 e. The van der Waals surface area contributed by atoms with Crippen LogP contribution in [0.25, 0.3) is 6.08 Å². The van der Waals surface area contributed by atoms with Gasteiger partial charge in [0, 0.05) is 5.38 Å². The van der Waals surface area contributed by atoms with E-state index in [-0.39, 0.29) is 0 Å². The van der Waals surface area contributed by atoms with Gasteiger partial charge in [0.1, 0.15) is 0 Å². The summed E-state index contributed by atoms with van der Waals surface area (Å²) in [6, 6.07) is 0. The normalized spacial score (nSPS) is 12.5. The van der Waals surface area contributed by atoms with Gasteiger partial charge in [-0.2, -0.15) is 0 Å². The van der Waals surface area contributed by atoms with Gasteiger partial charge >= 0.3 is 0 Å². The molecule has 1 aromatic heterocycles. The minimum absolute atomic E-state index is 0.819. The van der Waals surface area contributed by atoms with Crippen LogP contribution >= 0.6 is 11.3 Å². The quantitative estimate of drug-likeness (QED) is 0.706. The Morgan fingerprint density at radius 3 is 2.80 bits per heavy atom. The molecule has 0 N–H and O–H groups in total. The third kappa shape index (κ3) is 5.12. The number of allylic oxidation sites excluding steroid dienone is 1. The summed E-state index contributed by atoms with van der Waals surface area (Å²) in [5.41, 5.74) is 2.57. The van der Waals surface area contributed by atoms with Crippen LogP contribution in [0.15, 0.2) is 11.0 Å². The molecule has 1 nitrogen and oxygen atoms in total. The highest BCUT2D eigenvalue weighted by Gasteiger charge is 1.98. The lowest BCUT2D eigenvalue weighted by Crippen LogP contribution is -1.87. The van der Waals surface area contributed by atoms with Crippen LogP contribution in [0.2, 0.25) is 0 Å². The van der Waals surface area contributed by atoms with Crippen molar-refractivity contribution in [1.29, 1.82) is 0 Å². The van der Waals surface area contributed by atoms with Gasteiger partial charge in [-0.15, -0.1) is 11.3 Å². The standard InChI is InChI=1S/C13H21NS/c1-10(2)6-5-7-11(3)8-13-9-15-12(4)14-13/h8-10H,5-7H2,1-4H3/b11-8+. The third-order valence-electron chi connectivity index (χ3n) is 2.38. The van der Waals surface area contributed by atoms with Gasteiger partial charge in [-0.05, 0) is 38.7 Å². The third-order valence-corrected chi connectivity index (χ3v) is 3.18. The summed E-state index contributed by atoms with van der Waals surface area (Å²) in [5, 5.41) is 3.28. The molecule has 0 spiro atoms. The number of nitrogens with zero attached hydrogens (tertiary/aromatic N) is 1. The first kappa shape index (κ1) is 12.4. The van der Waals surface area contributed by atoms with Crippen LogP contribution in [-0.4, -0.2) is 4.98 Å². The molecule has 0 aliphatic rings. The second kappa shape index (κ2) is 6.06. The van der Waals surface area contributed by atoms with Crippen molar-refractivity contribution in [3.8, 4) is 0 Å². The summed E-state index contributed by atoms with van der Waals surface area (Å²) in [4.78, 5) is 4.44. The minimum atomic E-state index is 0.819. The molecule has 0 radical (unpaired) electrons. The maximum Gasteiger partial charge on any atom is 0.0901 e. The van der Waals surface area contributed by atoms with E-state index in [0.29, 0.717) is 0 Å². The fraction of sp³-hybridized carbons (Fsp3) is 0.615. The molecule has 0 saturated heterocycles. The van der Waals surface area contributed by atoms with E-state index in [9.17, 15) is 0 Å². The van der Waals surface area contributed by atoms with Gasteiger partial charge in [0.25, 0.3) is 0 Å². The monoisotopic (exact) mass is 223 g/mol. The molecule has 84 valence electrons. The zero-order chi connectivity index (χ0) is 11.3. The summed E-state index contributed by atoms with van der Waals surface area (Å²) in [7, 11) is 0. The molecule has 0 unspecified atom stereocenters. The molecule has 0 atom stereocenters. The Bertz CT molecular complexity index is 323. The van der Waals surface area contributed by atoms with Crippen LogP contribution in [0.1, 0.15) is 50.7 Å². The fourth-order valence-corrected chi connectivity index (χ4v) is 2.13. The molecule has 0 fully saturated rings. The van der Waals surface area contributed by atoms with Crippen molar-refractivity contribution in [2.75, 3.05) is 0 Å². The van der Waals surface area contributed by atoms with E-state index in [1.54, 1.807) is 11.3 Å². The van der Waals surface area contributed by atoms with Gasteiger partial charge in [-0.25, -0.2) is 4.98 Å². The Morgan fingerprint density at radius 2 is 2.27 bits per heavy atom. The summed E-state index contributed by atoms with van der Waals surface area (Å²) >= 11 is 1.72. The van der Waals surface area contributed by atoms with Crippen molar-refractivity contribution < 1.29 is 0 Å². The van der Waals surface area contributed by atoms with Crippen molar-refractivity contribution in [2.24, 2.45) is 5.92 Å². The zero-order valence-corrected chi connectivity index (χ0v) is 11.0. The fourth-order valence-electron chi connectivity index (χ4n) is 1.56. The number of thiazole rings is 1. The summed E-state index contributed by atoms with van der Waals surface area (Å²) in [6.45, 7) is 8.82. The van der Waals surface area contributed by atoms with Gasteiger partial charge in [-0.3, -0.25) is 0 Å². The molecule has 0 aromatic carbocycles. The molecule has 1 heterocycles. The largest absolute Gasteiger partial charge is 0.242 e. The average molecular weight is 223 g/mol. The van der Waals surface area contributed by atoms with E-state index in [2.05, 4.69) is 44.1 Å². The second-order valence-corrected chi connectivity index (χ2v) is 5.63. The number of hydrogen-bond acceptors (Lipinski definition) is 2.